The number of nitrogens with one attached hydrogen (secondary N) is 3. The molecule has 3 N–H and O–H groups in total. The van der Waals surface area contributed by atoms with E-state index in [1.165, 1.54) is 12.7 Å². The van der Waals surface area contributed by atoms with E-state index in [-0.39, 0.29) is 30.0 Å². The Balaban J connectivity index is 1.61. The van der Waals surface area contributed by atoms with Gasteiger partial charge in [-0.3, -0.25) is 25.8 Å². The van der Waals surface area contributed by atoms with Crippen LogP contribution in [0.1, 0.15) is 32.1 Å². The van der Waals surface area contributed by atoms with Crippen molar-refractivity contribution in [1.29, 1.82) is 0 Å². The summed E-state index contributed by atoms with van der Waals surface area (Å²) in [5.41, 5.74) is 4.55. The molecule has 0 saturated heterocycles. The third-order valence-corrected chi connectivity index (χ3v) is 4.38. The largest absolute Gasteiger partial charge is 0.484 e. The molecule has 1 amide bonds. The monoisotopic (exact) mass is 386 g/mol. The van der Waals surface area contributed by atoms with E-state index in [0.717, 1.165) is 25.7 Å². The van der Waals surface area contributed by atoms with E-state index >= 15 is 0 Å². The van der Waals surface area contributed by atoms with Gasteiger partial charge in [0.1, 0.15) is 12.1 Å². The number of anilines is 2. The SMILES string of the molecule is O=C(COc1ccccc1)NNc1ncnc(NC2CCCCC2)c1[N+](=O)[O-]. The normalized spacial score (nSPS) is 14.1. The molecule has 28 heavy (non-hydrogen) atoms. The standard InChI is InChI=1S/C18H22N6O4/c25-15(11-28-14-9-5-2-6-10-14)22-23-18-16(24(26)27)17(19-12-20-18)21-13-7-3-1-4-8-13/h2,5-6,9-10,12-13H,1,3-4,7-8,11H2,(H,22,25)(H2,19,20,21,23). The van der Waals surface area contributed by atoms with E-state index in [4.69, 9.17) is 4.74 Å². The predicted molar refractivity (Wildman–Crippen MR) is 103 cm³/mol. The Labute approximate surface area is 161 Å². The lowest BCUT2D eigenvalue weighted by Gasteiger charge is -2.23. The molecule has 1 aliphatic carbocycles. The summed E-state index contributed by atoms with van der Waals surface area (Å²) in [6.07, 6.45) is 6.44. The number of carbonyl (C=O) groups is 1. The number of aromatic nitrogens is 2. The zero-order chi connectivity index (χ0) is 19.8. The van der Waals surface area contributed by atoms with Crippen LogP contribution in [-0.2, 0) is 4.79 Å². The molecule has 2 aromatic rings. The van der Waals surface area contributed by atoms with Crippen molar-refractivity contribution in [1.82, 2.24) is 15.4 Å². The first-order valence-corrected chi connectivity index (χ1v) is 9.12. The molecule has 0 radical (unpaired) electrons. The van der Waals surface area contributed by atoms with E-state index in [1.807, 2.05) is 6.07 Å². The summed E-state index contributed by atoms with van der Waals surface area (Å²) in [6.45, 7) is -0.247. The summed E-state index contributed by atoms with van der Waals surface area (Å²) < 4.78 is 5.33. The number of ether oxygens (including phenoxy) is 1. The molecule has 3 rings (SSSR count). The van der Waals surface area contributed by atoms with Crippen LogP contribution >= 0.6 is 0 Å². The van der Waals surface area contributed by atoms with Crippen LogP contribution in [0.15, 0.2) is 36.7 Å². The minimum absolute atomic E-state index is 0.0913. The minimum Gasteiger partial charge on any atom is -0.484 e. The fourth-order valence-corrected chi connectivity index (χ4v) is 3.02. The molecular formula is C18H22N6O4. The Morgan fingerprint density at radius 3 is 2.57 bits per heavy atom. The molecule has 0 atom stereocenters. The van der Waals surface area contributed by atoms with Crippen molar-refractivity contribution in [3.05, 3.63) is 46.8 Å². The second-order valence-electron chi connectivity index (χ2n) is 6.43. The summed E-state index contributed by atoms with van der Waals surface area (Å²) in [6, 6.07) is 9.00. The van der Waals surface area contributed by atoms with Crippen LogP contribution < -0.4 is 20.9 Å². The van der Waals surface area contributed by atoms with Gasteiger partial charge in [0.2, 0.25) is 11.6 Å². The summed E-state index contributed by atoms with van der Waals surface area (Å²) in [5.74, 6) is 0.0961. The first kappa shape index (κ1) is 19.3. The summed E-state index contributed by atoms with van der Waals surface area (Å²) in [7, 11) is 0. The average molecular weight is 386 g/mol. The molecule has 1 fully saturated rings. The van der Waals surface area contributed by atoms with Crippen molar-refractivity contribution < 1.29 is 14.5 Å². The molecule has 1 aromatic carbocycles. The van der Waals surface area contributed by atoms with E-state index in [0.29, 0.717) is 5.75 Å². The molecule has 10 nitrogen and oxygen atoms in total. The topological polar surface area (TPSA) is 131 Å². The second-order valence-corrected chi connectivity index (χ2v) is 6.43. The minimum atomic E-state index is -0.569. The molecule has 0 unspecified atom stereocenters. The van der Waals surface area contributed by atoms with E-state index < -0.39 is 10.8 Å². The van der Waals surface area contributed by atoms with Gasteiger partial charge in [-0.15, -0.1) is 0 Å². The fraction of sp³-hybridized carbons (Fsp3) is 0.389. The first-order valence-electron chi connectivity index (χ1n) is 9.12. The summed E-state index contributed by atoms with van der Waals surface area (Å²) in [5, 5.41) is 14.7. The van der Waals surface area contributed by atoms with Crippen LogP contribution in [0, 0.1) is 10.1 Å². The lowest BCUT2D eigenvalue weighted by atomic mass is 9.95. The predicted octanol–water partition coefficient (Wildman–Crippen LogP) is 2.65. The van der Waals surface area contributed by atoms with E-state index in [2.05, 4.69) is 26.1 Å². The van der Waals surface area contributed by atoms with Crippen molar-refractivity contribution >= 4 is 23.2 Å². The Morgan fingerprint density at radius 1 is 1.14 bits per heavy atom. The van der Waals surface area contributed by atoms with E-state index in [1.54, 1.807) is 24.3 Å². The summed E-state index contributed by atoms with van der Waals surface area (Å²) in [4.78, 5) is 30.8. The van der Waals surface area contributed by atoms with Gasteiger partial charge in [0.25, 0.3) is 5.91 Å². The van der Waals surface area contributed by atoms with Gasteiger partial charge in [-0.2, -0.15) is 0 Å². The maximum atomic E-state index is 11.9. The number of hydrogen-bond donors (Lipinski definition) is 3. The highest BCUT2D eigenvalue weighted by atomic mass is 16.6. The zero-order valence-corrected chi connectivity index (χ0v) is 15.3. The number of hydrazine groups is 1. The van der Waals surface area contributed by atoms with Gasteiger partial charge in [0, 0.05) is 6.04 Å². The smallest absolute Gasteiger partial charge is 0.354 e. The Hall–Kier alpha value is -3.43. The number of carbonyl (C=O) groups excluding carboxylic acids is 1. The van der Waals surface area contributed by atoms with Gasteiger partial charge in [-0.05, 0) is 25.0 Å². The number of nitrogens with zero attached hydrogens (tertiary/aromatic N) is 3. The van der Waals surface area contributed by atoms with Gasteiger partial charge in [-0.25, -0.2) is 9.97 Å². The van der Waals surface area contributed by atoms with Crippen LogP contribution in [0.25, 0.3) is 0 Å². The quantitative estimate of drug-likeness (QED) is 0.466. The molecule has 1 aromatic heterocycles. The fourth-order valence-electron chi connectivity index (χ4n) is 3.02. The Bertz CT molecular complexity index is 811. The highest BCUT2D eigenvalue weighted by molar-refractivity contribution is 5.80. The van der Waals surface area contributed by atoms with Gasteiger partial charge in [0.05, 0.1) is 4.92 Å². The first-order chi connectivity index (χ1) is 13.6. The summed E-state index contributed by atoms with van der Waals surface area (Å²) >= 11 is 0. The third kappa shape index (κ3) is 5.29. The molecule has 1 saturated carbocycles. The molecule has 1 aliphatic rings. The maximum absolute atomic E-state index is 11.9. The number of benzene rings is 1. The van der Waals surface area contributed by atoms with Crippen molar-refractivity contribution in [2.24, 2.45) is 0 Å². The molecule has 0 aliphatic heterocycles. The van der Waals surface area contributed by atoms with Gasteiger partial charge in [-0.1, -0.05) is 37.5 Å². The van der Waals surface area contributed by atoms with Gasteiger partial charge < -0.3 is 10.1 Å². The van der Waals surface area contributed by atoms with Crippen LogP contribution in [0.4, 0.5) is 17.3 Å². The number of para-hydroxylation sites is 1. The molecule has 0 bridgehead atoms. The molecule has 0 spiro atoms. The highest BCUT2D eigenvalue weighted by Gasteiger charge is 2.25. The number of amides is 1. The maximum Gasteiger partial charge on any atom is 0.354 e. The van der Waals surface area contributed by atoms with Crippen LogP contribution in [0.2, 0.25) is 0 Å². The molecular weight excluding hydrogens is 364 g/mol. The van der Waals surface area contributed by atoms with Crippen molar-refractivity contribution in [2.75, 3.05) is 17.3 Å². The molecule has 148 valence electrons. The van der Waals surface area contributed by atoms with Crippen LogP contribution in [0.5, 0.6) is 5.75 Å². The number of hydrogen-bond acceptors (Lipinski definition) is 8. The lowest BCUT2D eigenvalue weighted by Crippen LogP contribution is -2.34. The van der Waals surface area contributed by atoms with Crippen molar-refractivity contribution in [2.45, 2.75) is 38.1 Å². The Morgan fingerprint density at radius 2 is 1.86 bits per heavy atom. The van der Waals surface area contributed by atoms with Gasteiger partial charge >= 0.3 is 5.69 Å². The lowest BCUT2D eigenvalue weighted by molar-refractivity contribution is -0.383. The third-order valence-electron chi connectivity index (χ3n) is 4.38. The molecule has 1 heterocycles. The van der Waals surface area contributed by atoms with Crippen LogP contribution in [0.3, 0.4) is 0 Å². The van der Waals surface area contributed by atoms with Crippen molar-refractivity contribution in [3.63, 3.8) is 0 Å². The number of nitro groups is 1. The van der Waals surface area contributed by atoms with E-state index in [9.17, 15) is 14.9 Å². The molecule has 10 heteroatoms. The van der Waals surface area contributed by atoms with Gasteiger partial charge in [0.15, 0.2) is 6.61 Å². The van der Waals surface area contributed by atoms with Crippen molar-refractivity contribution in [3.8, 4) is 5.75 Å². The Kier molecular flexibility index (Phi) is 6.55. The zero-order valence-electron chi connectivity index (χ0n) is 15.3. The highest BCUT2D eigenvalue weighted by Crippen LogP contribution is 2.30. The number of rotatable bonds is 8. The van der Waals surface area contributed by atoms with Crippen LogP contribution in [-0.4, -0.2) is 33.4 Å². The second kappa shape index (κ2) is 9.49. The average Bonchev–Trinajstić information content (AvgIpc) is 2.72.